The second-order valence-electron chi connectivity index (χ2n) is 18.8. The second kappa shape index (κ2) is 123. The molecule has 716 valence electrons. The highest BCUT2D eigenvalue weighted by Gasteiger charge is 1.90. The first-order chi connectivity index (χ1) is 56.4. The van der Waals surface area contributed by atoms with E-state index in [4.69, 9.17) is 0 Å². The van der Waals surface area contributed by atoms with Crippen LogP contribution in [0.25, 0.3) is 32.0 Å². The van der Waals surface area contributed by atoms with Crippen LogP contribution in [0.3, 0.4) is 0 Å². The summed E-state index contributed by atoms with van der Waals surface area (Å²) in [5, 5.41) is 38.6. The molecular formula is C97H151N27O3S4. The molecule has 19 heterocycles. The van der Waals surface area contributed by atoms with E-state index in [0.29, 0.717) is 0 Å². The van der Waals surface area contributed by atoms with Crippen molar-refractivity contribution < 1.29 is 13.4 Å². The lowest BCUT2D eigenvalue weighted by Gasteiger charge is -1.83. The van der Waals surface area contributed by atoms with Crippen LogP contribution in [0, 0.1) is 0 Å². The fourth-order valence-electron chi connectivity index (χ4n) is 6.34. The van der Waals surface area contributed by atoms with Gasteiger partial charge in [0.1, 0.15) is 44.2 Å². The molecule has 0 aliphatic rings. The molecule has 0 radical (unpaired) electrons. The van der Waals surface area contributed by atoms with Gasteiger partial charge in [-0.1, -0.05) is 206 Å². The third-order valence-corrected chi connectivity index (χ3v) is 13.5. The number of hydrogen-bond donors (Lipinski definition) is 6. The van der Waals surface area contributed by atoms with E-state index in [1.807, 2.05) is 155 Å². The van der Waals surface area contributed by atoms with E-state index in [0.717, 1.165) is 11.0 Å². The van der Waals surface area contributed by atoms with Gasteiger partial charge in [0.25, 0.3) is 0 Å². The van der Waals surface area contributed by atoms with Crippen LogP contribution in [0.15, 0.2) is 458 Å². The zero-order valence-electron chi connectivity index (χ0n) is 60.4. The summed E-state index contributed by atoms with van der Waals surface area (Å²) in [6, 6.07) is 58.7. The normalized spacial score (nSPS) is 7.36. The molecule has 0 bridgehead atoms. The van der Waals surface area contributed by atoms with Gasteiger partial charge in [-0.15, -0.1) is 22.7 Å². The Morgan fingerprint density at radius 2 is 0.832 bits per heavy atom. The maximum absolute atomic E-state index is 4.58. The molecule has 6 N–H and O–H groups in total. The molecule has 34 heteroatoms. The van der Waals surface area contributed by atoms with Gasteiger partial charge >= 0.3 is 0 Å². The molecule has 19 aromatic heterocycles. The number of furan rings is 1. The van der Waals surface area contributed by atoms with E-state index >= 15 is 0 Å². The molecule has 131 heavy (non-hydrogen) atoms. The predicted octanol–water partition coefficient (Wildman–Crippen LogP) is 29.2. The van der Waals surface area contributed by atoms with E-state index in [1.54, 1.807) is 219 Å². The molecule has 0 aliphatic heterocycles. The summed E-state index contributed by atoms with van der Waals surface area (Å²) in [5.74, 6) is 0. The van der Waals surface area contributed by atoms with Crippen molar-refractivity contribution in [3.63, 3.8) is 0 Å². The molecule has 0 saturated carbocycles. The Morgan fingerprint density at radius 3 is 1.11 bits per heavy atom. The SMILES string of the molecule is C.C.C.C.C.C.C.C.C.C.C.C.C.C.C.C.C.C.c1c[nH]cn1.c1cc[nH]c1.c1ccc2[nH]ccc2c1.c1ccc2[nH]cnc2c1.c1ccc2sccc2c1.c1ccncc1.c1ccnnc1.c1ccoc1.c1ccsc1.c1cn[nH]c1.c1cn[nH]n1.c1cnccn1.c1cncnc1.c1cncnc1.c1cnoc1.c1cnsc1.c1cocn1.c1cscn1.c1ncncn1. The summed E-state index contributed by atoms with van der Waals surface area (Å²) in [5.41, 5.74) is 5.12. The van der Waals surface area contributed by atoms with E-state index in [1.165, 1.54) is 83.1 Å². The first-order valence-corrected chi connectivity index (χ1v) is 36.6. The number of nitrogens with one attached hydrogen (secondary N) is 6. The third-order valence-electron chi connectivity index (χ3n) is 10.9. The van der Waals surface area contributed by atoms with Crippen LogP contribution < -0.4 is 0 Å². The van der Waals surface area contributed by atoms with Crippen LogP contribution >= 0.6 is 45.5 Å². The van der Waals surface area contributed by atoms with Crippen molar-refractivity contribution in [2.24, 2.45) is 0 Å². The minimum atomic E-state index is 0. The monoisotopic (exact) mass is 1870 g/mol. The molecule has 0 saturated heterocycles. The zero-order chi connectivity index (χ0) is 79.1. The van der Waals surface area contributed by atoms with Gasteiger partial charge < -0.3 is 33.3 Å². The summed E-state index contributed by atoms with van der Waals surface area (Å²) in [6.45, 7) is 0. The van der Waals surface area contributed by atoms with Crippen molar-refractivity contribution in [2.45, 2.75) is 134 Å². The number of nitrogens with zero attached hydrogens (tertiary/aromatic N) is 21. The van der Waals surface area contributed by atoms with Gasteiger partial charge in [0.2, 0.25) is 0 Å². The van der Waals surface area contributed by atoms with Crippen molar-refractivity contribution in [1.82, 2.24) is 135 Å². The molecule has 22 rings (SSSR count). The van der Waals surface area contributed by atoms with Crippen molar-refractivity contribution in [1.29, 1.82) is 0 Å². The number of aromatic amines is 6. The Morgan fingerprint density at radius 1 is 0.275 bits per heavy atom. The fraction of sp³-hybridized carbons (Fsp3) is 0.186. The van der Waals surface area contributed by atoms with Gasteiger partial charge in [0.05, 0.1) is 66.5 Å². The molecule has 22 aromatic rings. The van der Waals surface area contributed by atoms with E-state index < -0.39 is 0 Å². The van der Waals surface area contributed by atoms with Crippen molar-refractivity contribution >= 4 is 77.6 Å². The van der Waals surface area contributed by atoms with Crippen LogP contribution in [-0.2, 0) is 0 Å². The topological polar surface area (TPSA) is 405 Å². The summed E-state index contributed by atoms with van der Waals surface area (Å²) in [4.78, 5) is 63.4. The van der Waals surface area contributed by atoms with Gasteiger partial charge in [-0.3, -0.25) is 25.0 Å². The van der Waals surface area contributed by atoms with E-state index in [2.05, 4.69) is 202 Å². The highest BCUT2D eigenvalue weighted by molar-refractivity contribution is 7.17. The Hall–Kier alpha value is -15.4. The van der Waals surface area contributed by atoms with Crippen molar-refractivity contribution in [3.8, 4) is 0 Å². The van der Waals surface area contributed by atoms with Crippen LogP contribution in [0.1, 0.15) is 134 Å². The number of para-hydroxylation sites is 3. The molecule has 3 aromatic carbocycles. The van der Waals surface area contributed by atoms with Crippen molar-refractivity contribution in [3.05, 3.63) is 445 Å². The number of benzene rings is 3. The summed E-state index contributed by atoms with van der Waals surface area (Å²) in [6.07, 6.45) is 60.9. The Balaban J connectivity index is -0.0000000830. The lowest BCUT2D eigenvalue weighted by Crippen LogP contribution is -1.73. The summed E-state index contributed by atoms with van der Waals surface area (Å²) in [7, 11) is 0. The highest BCUT2D eigenvalue weighted by Crippen LogP contribution is 2.19. The predicted molar refractivity (Wildman–Crippen MR) is 564 cm³/mol. The number of thiophene rings is 2. The number of aromatic nitrogens is 27. The number of H-pyrrole nitrogens is 6. The lowest BCUT2D eigenvalue weighted by atomic mass is 10.3. The zero-order valence-corrected chi connectivity index (χ0v) is 63.7. The number of pyridine rings is 1. The Labute approximate surface area is 799 Å². The minimum absolute atomic E-state index is 0. The van der Waals surface area contributed by atoms with Gasteiger partial charge in [0.15, 0.2) is 6.39 Å². The number of hydrogen-bond acceptors (Lipinski definition) is 28. The summed E-state index contributed by atoms with van der Waals surface area (Å²) < 4.78 is 18.5. The number of oxazole rings is 1. The van der Waals surface area contributed by atoms with E-state index in [-0.39, 0.29) is 134 Å². The molecular weight excluding hydrogens is 1720 g/mol. The second-order valence-corrected chi connectivity index (χ2v) is 22.0. The molecule has 0 fully saturated rings. The number of imidazole rings is 2. The smallest absolute Gasteiger partial charge is 0.180 e. The highest BCUT2D eigenvalue weighted by atomic mass is 32.1. The molecule has 30 nitrogen and oxygen atoms in total. The van der Waals surface area contributed by atoms with Gasteiger partial charge in [0, 0.05) is 151 Å². The summed E-state index contributed by atoms with van der Waals surface area (Å²) >= 11 is 6.57. The number of fused-ring (bicyclic) bond motifs is 3. The Kier molecular flexibility index (Phi) is 141. The molecule has 0 aliphatic carbocycles. The molecule has 0 unspecified atom stereocenters. The maximum Gasteiger partial charge on any atom is 0.180 e. The first-order valence-electron chi connectivity index (χ1n) is 32.9. The quantitative estimate of drug-likeness (QED) is 0.0821. The maximum atomic E-state index is 4.58. The van der Waals surface area contributed by atoms with Gasteiger partial charge in [-0.25, -0.2) is 54.2 Å². The Bertz CT molecular complexity index is 3820. The number of thiazole rings is 1. The van der Waals surface area contributed by atoms with Crippen LogP contribution in [-0.4, -0.2) is 135 Å². The van der Waals surface area contributed by atoms with E-state index in [9.17, 15) is 0 Å². The molecule has 0 atom stereocenters. The average Bonchev–Trinajstić information content (AvgIpc) is 1.76. The van der Waals surface area contributed by atoms with Gasteiger partial charge in [-0.2, -0.15) is 42.0 Å². The molecule has 0 spiro atoms. The first kappa shape index (κ1) is 150. The average molecular weight is 1870 g/mol. The minimum Gasteiger partial charge on any atom is -0.473 e. The van der Waals surface area contributed by atoms with Crippen LogP contribution in [0.2, 0.25) is 0 Å². The van der Waals surface area contributed by atoms with Crippen LogP contribution in [0.4, 0.5) is 0 Å². The largest absolute Gasteiger partial charge is 0.473 e. The van der Waals surface area contributed by atoms with Crippen LogP contribution in [0.5, 0.6) is 0 Å². The standard InChI is InChI=1S/C8H7N.C8H6S.C7H6N2.C5H5N.4C4H4N2.C4H5N.C4H4O.C4H4S.C3H3N3.2C3H4N2.2C3H3NO.2C3H3NS.C2H3N3.18CH4/c2*1-2-4-8-7(3-1)5-6-9-8;1-2-4-7-6(3-1)8-5-9-7;1-2-4-6-5-3-1;1-2-6-4-3-5-1;2*1-2-5-4-6-3-1;1-2-4-6-5-3-1;3*1-2-4-5-3-1;1-4-2-6-3-5-1;1-2-5-3-4-1;1-2-4-5-3-1;1-2-5-3-4-1;1-2-4-5-3-1;1-2-5-3-4-1;2*1-2-4-5-3-1;;;;;;;;;;;;;;;;;;/h1-6,9H;1-6H;1-5H,(H,8,9);1-5H;4*1-4H;1-5H;2*1-4H;1-3H;2*1-3H,(H,4,5);4*1-3H;1-2H,(H,3,4,5);18*1H4. The fourth-order valence-corrected chi connectivity index (χ4v) is 8.29. The molecule has 0 amide bonds. The number of rotatable bonds is 0. The van der Waals surface area contributed by atoms with Gasteiger partial charge in [-0.05, 0) is 154 Å². The lowest BCUT2D eigenvalue weighted by molar-refractivity contribution is 0.420. The van der Waals surface area contributed by atoms with Crippen molar-refractivity contribution in [2.75, 3.05) is 0 Å². The third kappa shape index (κ3) is 98.3.